The van der Waals surface area contributed by atoms with Gasteiger partial charge in [0.1, 0.15) is 5.02 Å². The zero-order valence-electron chi connectivity index (χ0n) is 12.1. The molecule has 20 heavy (non-hydrogen) atoms. The second-order valence-corrected chi connectivity index (χ2v) is 4.99. The first-order chi connectivity index (χ1) is 9.63. The predicted molar refractivity (Wildman–Crippen MR) is 81.4 cm³/mol. The maximum Gasteiger partial charge on any atom is 0.287 e. The Morgan fingerprint density at radius 1 is 1.60 bits per heavy atom. The third kappa shape index (κ3) is 4.77. The standard InChI is InChI=1S/C13H23ClN4O2/c1-3-4-5-10(8-15)17-11-9-16-18(6-7-20-2)13(19)12(11)14/h9-10,17H,3-8,15H2,1-2H3. The summed E-state index contributed by atoms with van der Waals surface area (Å²) in [6.45, 7) is 3.41. The van der Waals surface area contributed by atoms with Crippen LogP contribution in [-0.2, 0) is 11.3 Å². The molecule has 1 unspecified atom stereocenters. The number of hydrogen-bond donors (Lipinski definition) is 2. The number of unbranched alkanes of at least 4 members (excludes halogenated alkanes) is 1. The molecule has 1 atom stereocenters. The van der Waals surface area contributed by atoms with E-state index in [9.17, 15) is 4.79 Å². The minimum Gasteiger partial charge on any atom is -0.383 e. The summed E-state index contributed by atoms with van der Waals surface area (Å²) in [6.07, 6.45) is 4.68. The first kappa shape index (κ1) is 16.9. The van der Waals surface area contributed by atoms with E-state index in [1.807, 2.05) is 0 Å². The molecule has 0 saturated carbocycles. The minimum atomic E-state index is -0.319. The van der Waals surface area contributed by atoms with E-state index in [1.165, 1.54) is 4.68 Å². The molecule has 0 bridgehead atoms. The molecular weight excluding hydrogens is 280 g/mol. The highest BCUT2D eigenvalue weighted by atomic mass is 35.5. The summed E-state index contributed by atoms with van der Waals surface area (Å²) in [5.41, 5.74) is 5.94. The van der Waals surface area contributed by atoms with Gasteiger partial charge in [0.25, 0.3) is 5.56 Å². The van der Waals surface area contributed by atoms with Crippen LogP contribution >= 0.6 is 11.6 Å². The molecule has 0 saturated heterocycles. The zero-order valence-corrected chi connectivity index (χ0v) is 12.8. The SMILES string of the molecule is CCCCC(CN)Nc1cnn(CCOC)c(=O)c1Cl. The molecule has 114 valence electrons. The Labute approximate surface area is 124 Å². The summed E-state index contributed by atoms with van der Waals surface area (Å²) in [4.78, 5) is 12.0. The second kappa shape index (κ2) is 8.94. The van der Waals surface area contributed by atoms with Crippen LogP contribution in [0.25, 0.3) is 0 Å². The van der Waals surface area contributed by atoms with Gasteiger partial charge < -0.3 is 15.8 Å². The van der Waals surface area contributed by atoms with Crippen LogP contribution < -0.4 is 16.6 Å². The largest absolute Gasteiger partial charge is 0.383 e. The van der Waals surface area contributed by atoms with Gasteiger partial charge in [-0.2, -0.15) is 5.10 Å². The van der Waals surface area contributed by atoms with Crippen molar-refractivity contribution in [2.75, 3.05) is 25.6 Å². The molecule has 0 aliphatic rings. The molecule has 1 heterocycles. The van der Waals surface area contributed by atoms with Crippen LogP contribution in [0.1, 0.15) is 26.2 Å². The molecule has 0 amide bonds. The van der Waals surface area contributed by atoms with Crippen LogP contribution in [0.5, 0.6) is 0 Å². The van der Waals surface area contributed by atoms with Crippen LogP contribution in [0, 0.1) is 0 Å². The van der Waals surface area contributed by atoms with E-state index in [-0.39, 0.29) is 16.6 Å². The third-order valence-corrected chi connectivity index (χ3v) is 3.41. The highest BCUT2D eigenvalue weighted by molar-refractivity contribution is 6.32. The number of methoxy groups -OCH3 is 1. The number of ether oxygens (including phenoxy) is 1. The van der Waals surface area contributed by atoms with Gasteiger partial charge in [0.05, 0.1) is 25.0 Å². The van der Waals surface area contributed by atoms with Gasteiger partial charge in [0, 0.05) is 19.7 Å². The molecule has 1 aromatic rings. The quantitative estimate of drug-likeness (QED) is 0.722. The van der Waals surface area contributed by atoms with E-state index in [2.05, 4.69) is 17.3 Å². The summed E-state index contributed by atoms with van der Waals surface area (Å²) in [7, 11) is 1.57. The third-order valence-electron chi connectivity index (χ3n) is 3.04. The number of aromatic nitrogens is 2. The van der Waals surface area contributed by atoms with Crippen LogP contribution in [-0.4, -0.2) is 36.1 Å². The Morgan fingerprint density at radius 2 is 2.35 bits per heavy atom. The summed E-state index contributed by atoms with van der Waals surface area (Å²) in [5.74, 6) is 0. The van der Waals surface area contributed by atoms with Crippen LogP contribution in [0.4, 0.5) is 5.69 Å². The number of rotatable bonds is 9. The molecule has 7 heteroatoms. The van der Waals surface area contributed by atoms with E-state index >= 15 is 0 Å². The Bertz CT molecular complexity index is 464. The van der Waals surface area contributed by atoms with Crippen molar-refractivity contribution >= 4 is 17.3 Å². The van der Waals surface area contributed by atoms with Gasteiger partial charge in [-0.1, -0.05) is 31.4 Å². The fourth-order valence-corrected chi connectivity index (χ4v) is 2.02. The lowest BCUT2D eigenvalue weighted by molar-refractivity contribution is 0.182. The number of hydrogen-bond acceptors (Lipinski definition) is 5. The topological polar surface area (TPSA) is 82.2 Å². The van der Waals surface area contributed by atoms with Crippen molar-refractivity contribution in [3.63, 3.8) is 0 Å². The van der Waals surface area contributed by atoms with Crippen molar-refractivity contribution in [3.05, 3.63) is 21.6 Å². The number of nitrogens with one attached hydrogen (secondary N) is 1. The number of halogens is 1. The van der Waals surface area contributed by atoms with Crippen molar-refractivity contribution in [2.24, 2.45) is 5.73 Å². The fourth-order valence-electron chi connectivity index (χ4n) is 1.82. The lowest BCUT2D eigenvalue weighted by Gasteiger charge is -2.18. The average Bonchev–Trinajstić information content (AvgIpc) is 2.47. The molecule has 0 fully saturated rings. The maximum absolute atomic E-state index is 12.0. The molecule has 1 rings (SSSR count). The Hall–Kier alpha value is -1.11. The monoisotopic (exact) mass is 302 g/mol. The highest BCUT2D eigenvalue weighted by Crippen LogP contribution is 2.17. The lowest BCUT2D eigenvalue weighted by Crippen LogP contribution is -2.31. The molecular formula is C13H23ClN4O2. The zero-order chi connectivity index (χ0) is 15.0. The van der Waals surface area contributed by atoms with E-state index in [4.69, 9.17) is 22.1 Å². The smallest absolute Gasteiger partial charge is 0.287 e. The lowest BCUT2D eigenvalue weighted by atomic mass is 10.1. The van der Waals surface area contributed by atoms with Crippen LogP contribution in [0.3, 0.4) is 0 Å². The molecule has 0 aliphatic heterocycles. The number of nitrogens with two attached hydrogens (primary N) is 1. The van der Waals surface area contributed by atoms with Crippen LogP contribution in [0.2, 0.25) is 5.02 Å². The Balaban J connectivity index is 2.81. The van der Waals surface area contributed by atoms with Crippen molar-refractivity contribution in [1.29, 1.82) is 0 Å². The van der Waals surface area contributed by atoms with E-state index in [1.54, 1.807) is 13.3 Å². The second-order valence-electron chi connectivity index (χ2n) is 4.61. The molecule has 0 aliphatic carbocycles. The molecule has 6 nitrogen and oxygen atoms in total. The maximum atomic E-state index is 12.0. The van der Waals surface area contributed by atoms with Gasteiger partial charge in [0.2, 0.25) is 0 Å². The van der Waals surface area contributed by atoms with Gasteiger partial charge in [-0.15, -0.1) is 0 Å². The van der Waals surface area contributed by atoms with E-state index < -0.39 is 0 Å². The predicted octanol–water partition coefficient (Wildman–Crippen LogP) is 1.47. The van der Waals surface area contributed by atoms with Gasteiger partial charge in [0.15, 0.2) is 0 Å². The molecule has 0 aromatic carbocycles. The first-order valence-electron chi connectivity index (χ1n) is 6.85. The highest BCUT2D eigenvalue weighted by Gasteiger charge is 2.12. The summed E-state index contributed by atoms with van der Waals surface area (Å²) < 4.78 is 6.21. The molecule has 1 aromatic heterocycles. The minimum absolute atomic E-state index is 0.100. The van der Waals surface area contributed by atoms with Gasteiger partial charge in [-0.05, 0) is 6.42 Å². The fraction of sp³-hybridized carbons (Fsp3) is 0.692. The van der Waals surface area contributed by atoms with Gasteiger partial charge >= 0.3 is 0 Å². The van der Waals surface area contributed by atoms with Crippen molar-refractivity contribution in [1.82, 2.24) is 9.78 Å². The van der Waals surface area contributed by atoms with Gasteiger partial charge in [-0.3, -0.25) is 4.79 Å². The number of nitrogens with zero attached hydrogens (tertiary/aromatic N) is 2. The first-order valence-corrected chi connectivity index (χ1v) is 7.23. The molecule has 0 radical (unpaired) electrons. The number of anilines is 1. The Morgan fingerprint density at radius 3 is 2.95 bits per heavy atom. The Kier molecular flexibility index (Phi) is 7.58. The van der Waals surface area contributed by atoms with Crippen molar-refractivity contribution in [2.45, 2.75) is 38.8 Å². The average molecular weight is 303 g/mol. The molecule has 0 spiro atoms. The van der Waals surface area contributed by atoms with E-state index in [0.29, 0.717) is 25.4 Å². The summed E-state index contributed by atoms with van der Waals surface area (Å²) >= 11 is 6.09. The summed E-state index contributed by atoms with van der Waals surface area (Å²) in [5, 5.41) is 7.42. The summed E-state index contributed by atoms with van der Waals surface area (Å²) in [6, 6.07) is 0.100. The van der Waals surface area contributed by atoms with Crippen molar-refractivity contribution < 1.29 is 4.74 Å². The van der Waals surface area contributed by atoms with Gasteiger partial charge in [-0.25, -0.2) is 4.68 Å². The normalized spacial score (nSPS) is 12.4. The molecule has 3 N–H and O–H groups in total. The van der Waals surface area contributed by atoms with Crippen LogP contribution in [0.15, 0.2) is 11.0 Å². The van der Waals surface area contributed by atoms with Crippen molar-refractivity contribution in [3.8, 4) is 0 Å². The van der Waals surface area contributed by atoms with E-state index in [0.717, 1.165) is 19.3 Å².